The van der Waals surface area contributed by atoms with Gasteiger partial charge in [0.2, 0.25) is 5.91 Å². The number of nitrogens with zero attached hydrogens (tertiary/aromatic N) is 4. The molecule has 0 atom stereocenters. The summed E-state index contributed by atoms with van der Waals surface area (Å²) in [5, 5.41) is 3.21. The van der Waals surface area contributed by atoms with Crippen molar-refractivity contribution in [1.29, 1.82) is 0 Å². The molecular weight excluding hydrogens is 422 g/mol. The van der Waals surface area contributed by atoms with E-state index in [1.807, 2.05) is 12.1 Å². The van der Waals surface area contributed by atoms with Crippen LogP contribution in [0.3, 0.4) is 0 Å². The molecular formula is C20H23N5O5S. The number of nitrogens with one attached hydrogen (secondary N) is 1. The molecule has 0 saturated heterocycles. The third-order valence-electron chi connectivity index (χ3n) is 4.58. The Morgan fingerprint density at radius 1 is 1.13 bits per heavy atom. The summed E-state index contributed by atoms with van der Waals surface area (Å²) < 4.78 is 12.6. The van der Waals surface area contributed by atoms with Gasteiger partial charge in [0.15, 0.2) is 11.5 Å². The highest BCUT2D eigenvalue weighted by molar-refractivity contribution is 8.00. The normalized spacial score (nSPS) is 11.0. The number of aryl methyl sites for hydroxylation is 1. The number of methoxy groups -OCH3 is 2. The Labute approximate surface area is 182 Å². The smallest absolute Gasteiger partial charge is 0.332 e. The standard InChI is InChI=1S/C20H23N5O5S/c1-24-17-15(19(27)25(2)20(24)28)18(31-11-14(26)21-9-10-29-3)23-16(22-17)12-7-5-6-8-13(12)30-4/h5-8H,9-11H2,1-4H3,(H,21,26). The van der Waals surface area contributed by atoms with Crippen molar-refractivity contribution in [3.8, 4) is 17.1 Å². The number of carbonyl (C=O) groups is 1. The third-order valence-corrected chi connectivity index (χ3v) is 5.56. The van der Waals surface area contributed by atoms with Crippen LogP contribution in [0.4, 0.5) is 0 Å². The first-order valence-corrected chi connectivity index (χ1v) is 10.4. The molecule has 1 N–H and O–H groups in total. The van der Waals surface area contributed by atoms with E-state index in [0.717, 1.165) is 16.3 Å². The second-order valence-corrected chi connectivity index (χ2v) is 7.55. The van der Waals surface area contributed by atoms with Gasteiger partial charge in [0.1, 0.15) is 16.2 Å². The Hall–Kier alpha value is -3.18. The van der Waals surface area contributed by atoms with Crippen LogP contribution in [-0.4, -0.2) is 58.1 Å². The molecule has 2 heterocycles. The average Bonchev–Trinajstić information content (AvgIpc) is 2.79. The van der Waals surface area contributed by atoms with Crippen LogP contribution in [0.5, 0.6) is 5.75 Å². The van der Waals surface area contributed by atoms with Crippen molar-refractivity contribution in [3.05, 3.63) is 45.1 Å². The Bertz CT molecular complexity index is 1240. The van der Waals surface area contributed by atoms with E-state index in [-0.39, 0.29) is 28.5 Å². The van der Waals surface area contributed by atoms with Gasteiger partial charge in [-0.1, -0.05) is 23.9 Å². The first-order valence-electron chi connectivity index (χ1n) is 9.38. The van der Waals surface area contributed by atoms with E-state index in [9.17, 15) is 14.4 Å². The fraction of sp³-hybridized carbons (Fsp3) is 0.350. The Balaban J connectivity index is 2.15. The zero-order chi connectivity index (χ0) is 22.5. The third kappa shape index (κ3) is 4.62. The zero-order valence-electron chi connectivity index (χ0n) is 17.7. The quantitative estimate of drug-likeness (QED) is 0.304. The van der Waals surface area contributed by atoms with Gasteiger partial charge in [0.05, 0.1) is 25.0 Å². The second-order valence-electron chi connectivity index (χ2n) is 6.59. The van der Waals surface area contributed by atoms with Crippen molar-refractivity contribution in [2.75, 3.05) is 33.1 Å². The molecule has 2 aromatic heterocycles. The fourth-order valence-corrected chi connectivity index (χ4v) is 3.80. The molecule has 0 spiro atoms. The molecule has 0 aliphatic rings. The maximum absolute atomic E-state index is 12.9. The minimum absolute atomic E-state index is 0.0349. The lowest BCUT2D eigenvalue weighted by Gasteiger charge is -2.13. The van der Waals surface area contributed by atoms with Crippen LogP contribution in [0.2, 0.25) is 0 Å². The number of hydrogen-bond acceptors (Lipinski definition) is 8. The Morgan fingerprint density at radius 2 is 1.87 bits per heavy atom. The van der Waals surface area contributed by atoms with Crippen LogP contribution in [0.25, 0.3) is 22.4 Å². The monoisotopic (exact) mass is 445 g/mol. The second kappa shape index (κ2) is 9.75. The van der Waals surface area contributed by atoms with E-state index >= 15 is 0 Å². The first-order chi connectivity index (χ1) is 14.9. The van der Waals surface area contributed by atoms with Gasteiger partial charge in [-0.2, -0.15) is 0 Å². The van der Waals surface area contributed by atoms with Crippen LogP contribution >= 0.6 is 11.8 Å². The van der Waals surface area contributed by atoms with Gasteiger partial charge >= 0.3 is 5.69 Å². The molecule has 1 aromatic carbocycles. The largest absolute Gasteiger partial charge is 0.496 e. The van der Waals surface area contributed by atoms with Crippen molar-refractivity contribution in [1.82, 2.24) is 24.4 Å². The number of amides is 1. The van der Waals surface area contributed by atoms with Gasteiger partial charge in [-0.15, -0.1) is 0 Å². The van der Waals surface area contributed by atoms with Crippen LogP contribution in [0.1, 0.15) is 0 Å². The number of aromatic nitrogens is 4. The summed E-state index contributed by atoms with van der Waals surface area (Å²) in [7, 11) is 6.01. The zero-order valence-corrected chi connectivity index (χ0v) is 18.5. The maximum atomic E-state index is 12.9. The van der Waals surface area contributed by atoms with Crippen molar-refractivity contribution in [3.63, 3.8) is 0 Å². The molecule has 0 aliphatic heterocycles. The Kier molecular flexibility index (Phi) is 7.08. The number of fused-ring (bicyclic) bond motifs is 1. The van der Waals surface area contributed by atoms with E-state index in [1.165, 1.54) is 25.8 Å². The summed E-state index contributed by atoms with van der Waals surface area (Å²) in [6, 6.07) is 7.17. The number of benzene rings is 1. The molecule has 11 heteroatoms. The van der Waals surface area contributed by atoms with Gasteiger partial charge in [-0.25, -0.2) is 14.8 Å². The van der Waals surface area contributed by atoms with Crippen molar-refractivity contribution < 1.29 is 14.3 Å². The topological polar surface area (TPSA) is 117 Å². The van der Waals surface area contributed by atoms with E-state index < -0.39 is 11.2 Å². The molecule has 0 saturated carbocycles. The molecule has 10 nitrogen and oxygen atoms in total. The van der Waals surface area contributed by atoms with Crippen LogP contribution in [0, 0.1) is 0 Å². The molecule has 0 bridgehead atoms. The van der Waals surface area contributed by atoms with Crippen molar-refractivity contribution >= 4 is 28.7 Å². The molecule has 3 aromatic rings. The number of hydrogen-bond donors (Lipinski definition) is 1. The summed E-state index contributed by atoms with van der Waals surface area (Å²) >= 11 is 1.10. The number of carbonyl (C=O) groups excluding carboxylic acids is 1. The molecule has 0 fully saturated rings. The van der Waals surface area contributed by atoms with Crippen molar-refractivity contribution in [2.45, 2.75) is 5.03 Å². The predicted molar refractivity (Wildman–Crippen MR) is 118 cm³/mol. The summed E-state index contributed by atoms with van der Waals surface area (Å²) in [6.45, 7) is 0.774. The summed E-state index contributed by atoms with van der Waals surface area (Å²) in [4.78, 5) is 46.5. The molecule has 0 aliphatic carbocycles. The van der Waals surface area contributed by atoms with Gasteiger partial charge < -0.3 is 14.8 Å². The first kappa shape index (κ1) is 22.5. The van der Waals surface area contributed by atoms with Gasteiger partial charge in [-0.05, 0) is 12.1 Å². The van der Waals surface area contributed by atoms with Gasteiger partial charge in [-0.3, -0.25) is 18.7 Å². The highest BCUT2D eigenvalue weighted by Gasteiger charge is 2.20. The number of para-hydroxylation sites is 1. The fourth-order valence-electron chi connectivity index (χ4n) is 2.96. The van der Waals surface area contributed by atoms with Gasteiger partial charge in [0.25, 0.3) is 5.56 Å². The highest BCUT2D eigenvalue weighted by atomic mass is 32.2. The van der Waals surface area contributed by atoms with E-state index in [0.29, 0.717) is 29.5 Å². The number of thioether (sulfide) groups is 1. The molecule has 3 rings (SSSR count). The van der Waals surface area contributed by atoms with Crippen molar-refractivity contribution in [2.24, 2.45) is 14.1 Å². The minimum Gasteiger partial charge on any atom is -0.496 e. The Morgan fingerprint density at radius 3 is 2.58 bits per heavy atom. The average molecular weight is 446 g/mol. The van der Waals surface area contributed by atoms with Crippen LogP contribution < -0.4 is 21.3 Å². The number of ether oxygens (including phenoxy) is 2. The summed E-state index contributed by atoms with van der Waals surface area (Å²) in [5.74, 6) is 0.640. The maximum Gasteiger partial charge on any atom is 0.332 e. The van der Waals surface area contributed by atoms with Crippen LogP contribution in [0.15, 0.2) is 38.9 Å². The molecule has 164 valence electrons. The molecule has 1 amide bonds. The highest BCUT2D eigenvalue weighted by Crippen LogP contribution is 2.30. The van der Waals surface area contributed by atoms with E-state index in [2.05, 4.69) is 15.3 Å². The lowest BCUT2D eigenvalue weighted by molar-refractivity contribution is -0.118. The summed E-state index contributed by atoms with van der Waals surface area (Å²) in [6.07, 6.45) is 0. The summed E-state index contributed by atoms with van der Waals surface area (Å²) in [5.41, 5.74) is -0.236. The van der Waals surface area contributed by atoms with Gasteiger partial charge in [0, 0.05) is 27.7 Å². The molecule has 0 unspecified atom stereocenters. The van der Waals surface area contributed by atoms with Crippen LogP contribution in [-0.2, 0) is 23.6 Å². The lowest BCUT2D eigenvalue weighted by atomic mass is 10.2. The predicted octanol–water partition coefficient (Wildman–Crippen LogP) is 0.558. The van der Waals surface area contributed by atoms with E-state index in [1.54, 1.807) is 19.2 Å². The van der Waals surface area contributed by atoms with E-state index in [4.69, 9.17) is 9.47 Å². The lowest BCUT2D eigenvalue weighted by Crippen LogP contribution is -2.37. The minimum atomic E-state index is -0.521. The molecule has 31 heavy (non-hydrogen) atoms. The number of rotatable bonds is 8. The molecule has 0 radical (unpaired) electrons. The SMILES string of the molecule is COCCNC(=O)CSc1nc(-c2ccccc2OC)nc2c1c(=O)n(C)c(=O)n2C.